The van der Waals surface area contributed by atoms with Crippen molar-refractivity contribution in [3.63, 3.8) is 0 Å². The summed E-state index contributed by atoms with van der Waals surface area (Å²) in [6.07, 6.45) is 10.8. The van der Waals surface area contributed by atoms with Gasteiger partial charge < -0.3 is 5.53 Å². The Morgan fingerprint density at radius 3 is 2.10 bits per heavy atom. The summed E-state index contributed by atoms with van der Waals surface area (Å²) in [5.41, 5.74) is 18.7. The number of allylic oxidation sites excluding steroid dienone is 2. The molecule has 0 aliphatic carbocycles. The molecule has 0 saturated carbocycles. The monoisotopic (exact) mass is 460 g/mol. The molecule has 3 rings (SSSR count). The van der Waals surface area contributed by atoms with Crippen LogP contribution in [-0.4, -0.2) is 4.70 Å². The van der Waals surface area contributed by atoms with Gasteiger partial charge in [0.25, 0.3) is 0 Å². The fraction of sp³-hybridized carbons (Fsp3) is 0.429. The van der Waals surface area contributed by atoms with Crippen LogP contribution in [0.15, 0.2) is 60.2 Å². The summed E-state index contributed by atoms with van der Waals surface area (Å²) in [6.45, 7) is 6.44. The Kier molecular flexibility index (Phi) is 11.0. The minimum atomic E-state index is 0.875. The molecule has 0 unspecified atom stereocenters. The topological polar surface area (TPSA) is 25.3 Å². The second kappa shape index (κ2) is 13.4. The van der Waals surface area contributed by atoms with Crippen LogP contribution < -0.4 is 0 Å². The average molecular weight is 461 g/mol. The third-order valence-corrected chi connectivity index (χ3v) is 5.49. The van der Waals surface area contributed by atoms with E-state index in [1.165, 1.54) is 59.9 Å². The fourth-order valence-electron chi connectivity index (χ4n) is 3.87. The van der Waals surface area contributed by atoms with Crippen LogP contribution in [0.4, 0.5) is 0 Å². The molecular weight excluding hydrogens is 423 g/mol. The standard InChI is InChI=1S/C26H32N2.2CH3.Ni/c1-4-5-6-7-8-9-12-24-19-25(23-13-10-11-21(3)18-23)28(27)26(24)22-16-14-20(2)15-17-22;;;/h10-11,13-19H,4-9,12H2,1-3H3;2*1H3;. The molecule has 31 heavy (non-hydrogen) atoms. The van der Waals surface area contributed by atoms with Crippen molar-refractivity contribution in [2.75, 3.05) is 0 Å². The molecule has 0 aromatic heterocycles. The van der Waals surface area contributed by atoms with Gasteiger partial charge in [0.15, 0.2) is 0 Å². The zero-order valence-electron chi connectivity index (χ0n) is 19.9. The molecule has 2 aromatic rings. The second-order valence-electron chi connectivity index (χ2n) is 8.28. The van der Waals surface area contributed by atoms with E-state index in [9.17, 15) is 5.53 Å². The maximum absolute atomic E-state index is 11.1. The molecular formula is C28H38N2Ni. The summed E-state index contributed by atoms with van der Waals surface area (Å²) < 4.78 is 1.39. The Morgan fingerprint density at radius 1 is 0.806 bits per heavy atom. The van der Waals surface area contributed by atoms with Gasteiger partial charge in [-0.25, -0.2) is 4.70 Å². The molecule has 1 aliphatic heterocycles. The SMILES string of the molecule is CCCCCCCCC1=C(c2ccc(C)cc2)[N+](=[N-])C(c2cccc(C)c2)=C1.[CH3][Ni][CH3]. The Morgan fingerprint density at radius 2 is 1.45 bits per heavy atom. The Labute approximate surface area is 195 Å². The van der Waals surface area contributed by atoms with Crippen LogP contribution in [0.25, 0.3) is 16.9 Å². The molecule has 0 amide bonds. The Balaban J connectivity index is 0.00000107. The fourth-order valence-corrected chi connectivity index (χ4v) is 3.87. The third kappa shape index (κ3) is 7.58. The first-order chi connectivity index (χ1) is 15.0. The van der Waals surface area contributed by atoms with Crippen LogP contribution in [-0.2, 0) is 14.4 Å². The van der Waals surface area contributed by atoms with Gasteiger partial charge in [0.05, 0.1) is 0 Å². The van der Waals surface area contributed by atoms with E-state index in [0.29, 0.717) is 0 Å². The van der Waals surface area contributed by atoms with E-state index in [4.69, 9.17) is 0 Å². The van der Waals surface area contributed by atoms with Crippen molar-refractivity contribution in [3.8, 4) is 0 Å². The van der Waals surface area contributed by atoms with Crippen molar-refractivity contribution in [3.05, 3.63) is 88.0 Å². The van der Waals surface area contributed by atoms with Crippen molar-refractivity contribution < 1.29 is 19.1 Å². The number of hydrogen-bond acceptors (Lipinski definition) is 0. The molecule has 1 aliphatic rings. The van der Waals surface area contributed by atoms with E-state index in [-0.39, 0.29) is 0 Å². The van der Waals surface area contributed by atoms with Crippen molar-refractivity contribution in [1.82, 2.24) is 0 Å². The molecule has 0 N–H and O–H groups in total. The van der Waals surface area contributed by atoms with Crippen LogP contribution in [0, 0.1) is 13.8 Å². The summed E-state index contributed by atoms with van der Waals surface area (Å²) in [6, 6.07) is 16.8. The molecule has 170 valence electrons. The molecule has 0 bridgehead atoms. The maximum atomic E-state index is 11.1. The van der Waals surface area contributed by atoms with E-state index in [0.717, 1.165) is 28.9 Å². The van der Waals surface area contributed by atoms with Crippen LogP contribution in [0.1, 0.15) is 74.1 Å². The molecule has 2 nitrogen and oxygen atoms in total. The zero-order chi connectivity index (χ0) is 22.6. The second-order valence-corrected chi connectivity index (χ2v) is 9.27. The first-order valence-electron chi connectivity index (χ1n) is 11.3. The first kappa shape index (κ1) is 25.3. The van der Waals surface area contributed by atoms with Crippen LogP contribution in [0.2, 0.25) is 11.8 Å². The van der Waals surface area contributed by atoms with Crippen LogP contribution in [0.5, 0.6) is 0 Å². The van der Waals surface area contributed by atoms with Gasteiger partial charge in [-0.1, -0.05) is 74.4 Å². The van der Waals surface area contributed by atoms with Crippen molar-refractivity contribution in [2.24, 2.45) is 0 Å². The van der Waals surface area contributed by atoms with Crippen LogP contribution in [0.3, 0.4) is 0 Å². The normalized spacial score (nSPS) is 13.3. The predicted octanol–water partition coefficient (Wildman–Crippen LogP) is 9.02. The van der Waals surface area contributed by atoms with Crippen molar-refractivity contribution in [2.45, 2.75) is 77.5 Å². The van der Waals surface area contributed by atoms with E-state index in [2.05, 4.69) is 87.2 Å². The summed E-state index contributed by atoms with van der Waals surface area (Å²) in [5, 5.41) is 0. The molecule has 0 radical (unpaired) electrons. The van der Waals surface area contributed by atoms with Gasteiger partial charge in [0, 0.05) is 22.8 Å². The van der Waals surface area contributed by atoms with E-state index < -0.39 is 0 Å². The van der Waals surface area contributed by atoms with Gasteiger partial charge in [-0.3, -0.25) is 0 Å². The van der Waals surface area contributed by atoms with Crippen LogP contribution >= 0.6 is 0 Å². The number of benzene rings is 2. The van der Waals surface area contributed by atoms with Gasteiger partial charge in [-0.05, 0) is 51.0 Å². The molecule has 0 spiro atoms. The van der Waals surface area contributed by atoms with E-state index in [1.807, 2.05) is 0 Å². The molecule has 0 atom stereocenters. The predicted molar refractivity (Wildman–Crippen MR) is 131 cm³/mol. The van der Waals surface area contributed by atoms with E-state index >= 15 is 0 Å². The summed E-state index contributed by atoms with van der Waals surface area (Å²) in [4.78, 5) is 0. The summed E-state index contributed by atoms with van der Waals surface area (Å²) in [7, 11) is 0. The third-order valence-electron chi connectivity index (χ3n) is 5.49. The number of aryl methyl sites for hydroxylation is 2. The minimum absolute atomic E-state index is 0.875. The number of rotatable bonds is 9. The van der Waals surface area contributed by atoms with Gasteiger partial charge in [0.1, 0.15) is 0 Å². The van der Waals surface area contributed by atoms with Gasteiger partial charge in [-0.2, -0.15) is 0 Å². The van der Waals surface area contributed by atoms with Gasteiger partial charge in [-0.15, -0.1) is 0 Å². The zero-order valence-corrected chi connectivity index (χ0v) is 20.8. The molecule has 1 heterocycles. The Hall–Kier alpha value is -1.99. The Bertz CT molecular complexity index is 907. The molecule has 3 heteroatoms. The molecule has 0 fully saturated rings. The average Bonchev–Trinajstić information content (AvgIpc) is 3.08. The summed E-state index contributed by atoms with van der Waals surface area (Å²) in [5.74, 6) is 4.12. The van der Waals surface area contributed by atoms with E-state index in [1.54, 1.807) is 14.4 Å². The quantitative estimate of drug-likeness (QED) is 0.202. The molecule has 2 aromatic carbocycles. The summed E-state index contributed by atoms with van der Waals surface area (Å²) >= 11 is 1.62. The van der Waals surface area contributed by atoms with Gasteiger partial charge >= 0.3 is 26.2 Å². The first-order valence-corrected chi connectivity index (χ1v) is 13.3. The van der Waals surface area contributed by atoms with Crippen molar-refractivity contribution >= 4 is 11.4 Å². The number of unbranched alkanes of at least 4 members (excludes halogenated alkanes) is 5. The number of nitrogens with zero attached hydrogens (tertiary/aromatic N) is 2. The number of hydrogen-bond donors (Lipinski definition) is 0. The van der Waals surface area contributed by atoms with Crippen molar-refractivity contribution in [1.29, 1.82) is 0 Å². The molecule has 0 saturated heterocycles. The van der Waals surface area contributed by atoms with Gasteiger partial charge in [0.2, 0.25) is 11.4 Å².